The first-order chi connectivity index (χ1) is 8.13. The van der Waals surface area contributed by atoms with Gasteiger partial charge < -0.3 is 4.74 Å². The van der Waals surface area contributed by atoms with E-state index in [9.17, 15) is 0 Å². The molecule has 0 fully saturated rings. The predicted octanol–water partition coefficient (Wildman–Crippen LogP) is -0.637. The highest BCUT2D eigenvalue weighted by molar-refractivity contribution is 5.28. The summed E-state index contributed by atoms with van der Waals surface area (Å²) in [6.07, 6.45) is 0. The van der Waals surface area contributed by atoms with Gasteiger partial charge >= 0.3 is 6.01 Å². The van der Waals surface area contributed by atoms with Gasteiger partial charge in [0.1, 0.15) is 11.6 Å². The largest absolute Gasteiger partial charge is 0.467 e. The van der Waals surface area contributed by atoms with Gasteiger partial charge in [0.25, 0.3) is 5.95 Å². The molecule has 0 aliphatic heterocycles. The number of hydrazine groups is 1. The summed E-state index contributed by atoms with van der Waals surface area (Å²) in [5, 5.41) is 4.16. The molecule has 0 aliphatic carbocycles. The van der Waals surface area contributed by atoms with Crippen LogP contribution in [0, 0.1) is 13.8 Å². The second-order valence-electron chi connectivity index (χ2n) is 3.21. The van der Waals surface area contributed by atoms with Gasteiger partial charge in [-0.2, -0.15) is 19.6 Å². The van der Waals surface area contributed by atoms with E-state index >= 15 is 0 Å². The Morgan fingerprint density at radius 3 is 2.47 bits per heavy atom. The van der Waals surface area contributed by atoms with Crippen molar-refractivity contribution in [2.24, 2.45) is 5.84 Å². The summed E-state index contributed by atoms with van der Waals surface area (Å²) in [5.41, 5.74) is 2.33. The van der Waals surface area contributed by atoms with Gasteiger partial charge in [-0.15, -0.1) is 5.10 Å². The van der Waals surface area contributed by atoms with E-state index in [4.69, 9.17) is 10.6 Å². The summed E-state index contributed by atoms with van der Waals surface area (Å²) in [7, 11) is 1.46. The number of rotatable bonds is 3. The number of anilines is 1. The van der Waals surface area contributed by atoms with Gasteiger partial charge in [0.15, 0.2) is 0 Å². The van der Waals surface area contributed by atoms with Crippen LogP contribution in [0.3, 0.4) is 0 Å². The van der Waals surface area contributed by atoms with Crippen LogP contribution in [0.2, 0.25) is 0 Å². The molecule has 2 rings (SSSR count). The predicted molar refractivity (Wildman–Crippen MR) is 58.6 cm³/mol. The Hall–Kier alpha value is -2.29. The molecule has 9 nitrogen and oxygen atoms in total. The Balaban J connectivity index is 2.54. The van der Waals surface area contributed by atoms with Crippen molar-refractivity contribution in [3.63, 3.8) is 0 Å². The van der Waals surface area contributed by atoms with Crippen molar-refractivity contribution in [3.05, 3.63) is 11.6 Å². The molecule has 0 saturated carbocycles. The van der Waals surface area contributed by atoms with Crippen LogP contribution in [-0.2, 0) is 0 Å². The second kappa shape index (κ2) is 4.29. The van der Waals surface area contributed by atoms with Gasteiger partial charge in [-0.05, 0) is 13.8 Å². The van der Waals surface area contributed by atoms with Crippen molar-refractivity contribution in [2.75, 3.05) is 12.5 Å². The number of methoxy groups -OCH3 is 1. The standard InChI is InChI=1S/C8H12N8O/c1-4-10-5(2)16(15-4)7-11-6(14-9)12-8(13-7)17-3/h9H2,1-3H3,(H,11,12,13,14). The monoisotopic (exact) mass is 236 g/mol. The topological polar surface area (TPSA) is 117 Å². The summed E-state index contributed by atoms with van der Waals surface area (Å²) < 4.78 is 6.43. The van der Waals surface area contributed by atoms with Crippen LogP contribution in [0.15, 0.2) is 0 Å². The Morgan fingerprint density at radius 1 is 1.18 bits per heavy atom. The number of hydrogen-bond donors (Lipinski definition) is 2. The maximum Gasteiger partial charge on any atom is 0.322 e. The van der Waals surface area contributed by atoms with Gasteiger partial charge in [0.05, 0.1) is 7.11 Å². The van der Waals surface area contributed by atoms with Crippen LogP contribution < -0.4 is 16.0 Å². The van der Waals surface area contributed by atoms with Crippen LogP contribution in [0.4, 0.5) is 5.95 Å². The molecular weight excluding hydrogens is 224 g/mol. The first-order valence-electron chi connectivity index (χ1n) is 4.81. The van der Waals surface area contributed by atoms with Crippen LogP contribution in [-0.4, -0.2) is 36.8 Å². The molecule has 90 valence electrons. The van der Waals surface area contributed by atoms with Gasteiger partial charge in [-0.1, -0.05) is 0 Å². The number of ether oxygens (including phenoxy) is 1. The Morgan fingerprint density at radius 2 is 1.94 bits per heavy atom. The Kier molecular flexibility index (Phi) is 2.83. The third kappa shape index (κ3) is 2.13. The lowest BCUT2D eigenvalue weighted by Gasteiger charge is -2.05. The van der Waals surface area contributed by atoms with E-state index in [0.29, 0.717) is 17.6 Å². The van der Waals surface area contributed by atoms with Crippen molar-refractivity contribution in [1.82, 2.24) is 29.7 Å². The fourth-order valence-electron chi connectivity index (χ4n) is 1.31. The zero-order chi connectivity index (χ0) is 12.4. The van der Waals surface area contributed by atoms with Gasteiger partial charge in [-0.25, -0.2) is 10.8 Å². The summed E-state index contributed by atoms with van der Waals surface area (Å²) in [6, 6.07) is 0.149. The molecule has 0 unspecified atom stereocenters. The van der Waals surface area contributed by atoms with Crippen molar-refractivity contribution >= 4 is 5.95 Å². The molecule has 0 radical (unpaired) electrons. The first-order valence-corrected chi connectivity index (χ1v) is 4.81. The van der Waals surface area contributed by atoms with E-state index in [1.54, 1.807) is 13.8 Å². The molecule has 9 heteroatoms. The fourth-order valence-corrected chi connectivity index (χ4v) is 1.31. The number of nitrogens with one attached hydrogen (secondary N) is 1. The van der Waals surface area contributed by atoms with Crippen molar-refractivity contribution in [1.29, 1.82) is 0 Å². The normalized spacial score (nSPS) is 10.4. The second-order valence-corrected chi connectivity index (χ2v) is 3.21. The number of nitrogens with zero attached hydrogens (tertiary/aromatic N) is 6. The fraction of sp³-hybridized carbons (Fsp3) is 0.375. The van der Waals surface area contributed by atoms with Crippen molar-refractivity contribution < 1.29 is 4.74 Å². The number of nitrogen functional groups attached to an aromatic ring is 1. The van der Waals surface area contributed by atoms with E-state index in [-0.39, 0.29) is 12.0 Å². The maximum atomic E-state index is 5.26. The van der Waals surface area contributed by atoms with E-state index in [1.807, 2.05) is 0 Å². The molecule has 0 aromatic carbocycles. The third-order valence-electron chi connectivity index (χ3n) is 1.98. The smallest absolute Gasteiger partial charge is 0.322 e. The molecule has 0 aliphatic rings. The lowest BCUT2D eigenvalue weighted by molar-refractivity contribution is 0.377. The van der Waals surface area contributed by atoms with Crippen molar-refractivity contribution in [3.8, 4) is 12.0 Å². The Labute approximate surface area is 97.0 Å². The molecule has 0 atom stereocenters. The molecular formula is C8H12N8O. The van der Waals surface area contributed by atoms with E-state index < -0.39 is 0 Å². The minimum absolute atomic E-state index is 0.149. The summed E-state index contributed by atoms with van der Waals surface area (Å²) in [5.74, 6) is 7.04. The van der Waals surface area contributed by atoms with Gasteiger partial charge in [0.2, 0.25) is 5.95 Å². The van der Waals surface area contributed by atoms with Crippen LogP contribution >= 0.6 is 0 Å². The molecule has 17 heavy (non-hydrogen) atoms. The average molecular weight is 236 g/mol. The van der Waals surface area contributed by atoms with Crippen LogP contribution in [0.25, 0.3) is 5.95 Å². The quantitative estimate of drug-likeness (QED) is 0.534. The van der Waals surface area contributed by atoms with Gasteiger partial charge in [0, 0.05) is 0 Å². The highest BCUT2D eigenvalue weighted by Crippen LogP contribution is 2.10. The average Bonchev–Trinajstić information content (AvgIpc) is 2.67. The van der Waals surface area contributed by atoms with Gasteiger partial charge in [-0.3, -0.25) is 5.43 Å². The van der Waals surface area contributed by atoms with E-state index in [0.717, 1.165) is 0 Å². The molecule has 0 bridgehead atoms. The van der Waals surface area contributed by atoms with E-state index in [1.165, 1.54) is 11.8 Å². The van der Waals surface area contributed by atoms with Crippen molar-refractivity contribution in [2.45, 2.75) is 13.8 Å². The number of hydrogen-bond acceptors (Lipinski definition) is 8. The molecule has 3 N–H and O–H groups in total. The molecule has 0 spiro atoms. The van der Waals surface area contributed by atoms with E-state index in [2.05, 4.69) is 30.5 Å². The minimum Gasteiger partial charge on any atom is -0.467 e. The number of aryl methyl sites for hydroxylation is 2. The minimum atomic E-state index is 0.149. The van der Waals surface area contributed by atoms with Crippen LogP contribution in [0.1, 0.15) is 11.6 Å². The summed E-state index contributed by atoms with van der Waals surface area (Å²) >= 11 is 0. The molecule has 0 saturated heterocycles. The number of aromatic nitrogens is 6. The lowest BCUT2D eigenvalue weighted by atomic mass is 10.7. The van der Waals surface area contributed by atoms with Crippen LogP contribution in [0.5, 0.6) is 6.01 Å². The summed E-state index contributed by atoms with van der Waals surface area (Å²) in [6.45, 7) is 3.58. The third-order valence-corrected chi connectivity index (χ3v) is 1.98. The molecule has 0 amide bonds. The zero-order valence-corrected chi connectivity index (χ0v) is 9.67. The highest BCUT2D eigenvalue weighted by Gasteiger charge is 2.12. The summed E-state index contributed by atoms with van der Waals surface area (Å²) in [4.78, 5) is 16.2. The Bertz CT molecular complexity index is 514. The zero-order valence-electron chi connectivity index (χ0n) is 9.67. The SMILES string of the molecule is COc1nc(NN)nc(-n2nc(C)nc2C)n1. The maximum absolute atomic E-state index is 5.26. The molecule has 2 heterocycles. The molecule has 2 aromatic rings. The lowest BCUT2D eigenvalue weighted by Crippen LogP contribution is -2.15. The number of nitrogens with two attached hydrogens (primary N) is 1. The molecule has 2 aromatic heterocycles. The highest BCUT2D eigenvalue weighted by atomic mass is 16.5. The first kappa shape index (κ1) is 11.2.